The summed E-state index contributed by atoms with van der Waals surface area (Å²) >= 11 is 0. The van der Waals surface area contributed by atoms with Crippen LogP contribution in [0, 0.1) is 0 Å². The molecule has 0 fully saturated rings. The molecule has 0 aliphatic carbocycles. The Bertz CT molecular complexity index is 526. The van der Waals surface area contributed by atoms with Crippen molar-refractivity contribution in [1.29, 1.82) is 0 Å². The molecular weight excluding hydrogens is 244 g/mol. The minimum absolute atomic E-state index is 0.0819. The third kappa shape index (κ3) is 2.94. The summed E-state index contributed by atoms with van der Waals surface area (Å²) in [5.74, 6) is 6.75. The number of nitrogens with zero attached hydrogens (tertiary/aromatic N) is 4. The predicted octanol–water partition coefficient (Wildman–Crippen LogP) is 0.614. The number of nitrogens with two attached hydrogens (primary N) is 1. The number of nitrogens with one attached hydrogen (secondary N) is 1. The minimum atomic E-state index is 0.0819. The average molecular weight is 264 g/mol. The Labute approximate surface area is 112 Å². The lowest BCUT2D eigenvalue weighted by Gasteiger charge is -2.23. The summed E-state index contributed by atoms with van der Waals surface area (Å²) in [4.78, 5) is 10.8. The van der Waals surface area contributed by atoms with Crippen LogP contribution in [-0.4, -0.2) is 39.2 Å². The lowest BCUT2D eigenvalue weighted by Crippen LogP contribution is -2.29. The van der Waals surface area contributed by atoms with Gasteiger partial charge in [-0.25, -0.2) is 15.8 Å². The average Bonchev–Trinajstić information content (AvgIpc) is 2.90. The highest BCUT2D eigenvalue weighted by Crippen LogP contribution is 2.20. The predicted molar refractivity (Wildman–Crippen MR) is 75.0 cm³/mol. The molecule has 0 aliphatic rings. The molecule has 0 saturated heterocycles. The molecule has 0 saturated carbocycles. The first-order chi connectivity index (χ1) is 9.30. The summed E-state index contributed by atoms with van der Waals surface area (Å²) in [7, 11) is 0. The van der Waals surface area contributed by atoms with E-state index in [1.807, 2.05) is 15.5 Å². The van der Waals surface area contributed by atoms with Crippen molar-refractivity contribution >= 4 is 17.3 Å². The topological polar surface area (TPSA) is 91.7 Å². The molecule has 0 atom stereocenters. The fourth-order valence-electron chi connectivity index (χ4n) is 1.99. The molecule has 0 unspecified atom stereocenters. The number of anilines is 2. The Kier molecular flexibility index (Phi) is 4.53. The Morgan fingerprint density at radius 1 is 1.47 bits per heavy atom. The highest BCUT2D eigenvalue weighted by atomic mass is 16.3. The van der Waals surface area contributed by atoms with E-state index in [1.54, 1.807) is 12.4 Å². The van der Waals surface area contributed by atoms with Crippen molar-refractivity contribution in [3.05, 3.63) is 18.6 Å². The second-order valence-electron chi connectivity index (χ2n) is 4.32. The summed E-state index contributed by atoms with van der Waals surface area (Å²) in [5, 5.41) is 9.21. The van der Waals surface area contributed by atoms with Gasteiger partial charge in [-0.05, 0) is 6.42 Å². The zero-order chi connectivity index (χ0) is 13.7. The monoisotopic (exact) mass is 264 g/mol. The zero-order valence-corrected chi connectivity index (χ0v) is 11.1. The zero-order valence-electron chi connectivity index (χ0n) is 11.1. The van der Waals surface area contributed by atoms with E-state index in [-0.39, 0.29) is 6.61 Å². The summed E-state index contributed by atoms with van der Waals surface area (Å²) < 4.78 is 1.87. The number of rotatable bonds is 7. The van der Waals surface area contributed by atoms with Crippen LogP contribution >= 0.6 is 0 Å². The van der Waals surface area contributed by atoms with Crippen molar-refractivity contribution in [2.45, 2.75) is 19.8 Å². The Balaban J connectivity index is 2.40. The van der Waals surface area contributed by atoms with Gasteiger partial charge in [-0.2, -0.15) is 0 Å². The van der Waals surface area contributed by atoms with Crippen LogP contribution < -0.4 is 16.2 Å². The van der Waals surface area contributed by atoms with E-state index < -0.39 is 0 Å². The third-order valence-electron chi connectivity index (χ3n) is 2.96. The molecule has 4 N–H and O–H groups in total. The SMILES string of the molecule is CCCCN(CCO)c1nc(NN)cn2ccnc12. The maximum Gasteiger partial charge on any atom is 0.180 e. The fraction of sp³-hybridized carbons (Fsp3) is 0.500. The van der Waals surface area contributed by atoms with Gasteiger partial charge in [-0.3, -0.25) is 0 Å². The summed E-state index contributed by atoms with van der Waals surface area (Å²) in [6, 6.07) is 0. The first-order valence-electron chi connectivity index (χ1n) is 6.46. The van der Waals surface area contributed by atoms with Crippen molar-refractivity contribution in [2.24, 2.45) is 5.84 Å². The molecule has 0 bridgehead atoms. The van der Waals surface area contributed by atoms with Gasteiger partial charge in [-0.1, -0.05) is 13.3 Å². The van der Waals surface area contributed by atoms with Crippen molar-refractivity contribution in [3.8, 4) is 0 Å². The number of nitrogen functional groups attached to an aromatic ring is 1. The van der Waals surface area contributed by atoms with Gasteiger partial charge in [0.15, 0.2) is 17.3 Å². The molecule has 0 aliphatic heterocycles. The van der Waals surface area contributed by atoms with Gasteiger partial charge in [0.1, 0.15) is 0 Å². The normalized spacial score (nSPS) is 10.9. The number of aliphatic hydroxyl groups excluding tert-OH is 1. The van der Waals surface area contributed by atoms with Crippen LogP contribution in [0.3, 0.4) is 0 Å². The third-order valence-corrected chi connectivity index (χ3v) is 2.96. The van der Waals surface area contributed by atoms with Gasteiger partial charge in [0.25, 0.3) is 0 Å². The molecule has 19 heavy (non-hydrogen) atoms. The summed E-state index contributed by atoms with van der Waals surface area (Å²) in [6.07, 6.45) is 7.47. The number of aliphatic hydroxyl groups is 1. The molecule has 2 heterocycles. The first kappa shape index (κ1) is 13.6. The van der Waals surface area contributed by atoms with Crippen LogP contribution in [-0.2, 0) is 0 Å². The van der Waals surface area contributed by atoms with E-state index in [2.05, 4.69) is 22.3 Å². The molecule has 2 aromatic heterocycles. The smallest absolute Gasteiger partial charge is 0.180 e. The molecule has 2 aromatic rings. The van der Waals surface area contributed by atoms with Gasteiger partial charge >= 0.3 is 0 Å². The lowest BCUT2D eigenvalue weighted by molar-refractivity contribution is 0.301. The maximum atomic E-state index is 9.21. The second-order valence-corrected chi connectivity index (χ2v) is 4.32. The summed E-state index contributed by atoms with van der Waals surface area (Å²) in [5.41, 5.74) is 3.32. The maximum absolute atomic E-state index is 9.21. The number of fused-ring (bicyclic) bond motifs is 1. The summed E-state index contributed by atoms with van der Waals surface area (Å²) in [6.45, 7) is 3.58. The van der Waals surface area contributed by atoms with E-state index in [1.165, 1.54) is 0 Å². The van der Waals surface area contributed by atoms with Crippen molar-refractivity contribution in [1.82, 2.24) is 14.4 Å². The van der Waals surface area contributed by atoms with Crippen LogP contribution in [0.15, 0.2) is 18.6 Å². The van der Waals surface area contributed by atoms with Crippen LogP contribution in [0.4, 0.5) is 11.6 Å². The Hall–Kier alpha value is -1.86. The van der Waals surface area contributed by atoms with Crippen LogP contribution in [0.5, 0.6) is 0 Å². The molecule has 7 nitrogen and oxygen atoms in total. The van der Waals surface area contributed by atoms with Gasteiger partial charge in [0, 0.05) is 25.5 Å². The highest BCUT2D eigenvalue weighted by Gasteiger charge is 2.14. The van der Waals surface area contributed by atoms with Crippen molar-refractivity contribution in [2.75, 3.05) is 30.0 Å². The van der Waals surface area contributed by atoms with Crippen molar-refractivity contribution < 1.29 is 5.11 Å². The molecular formula is C12H20N6O. The van der Waals surface area contributed by atoms with E-state index in [0.29, 0.717) is 12.4 Å². The lowest BCUT2D eigenvalue weighted by atomic mass is 10.3. The van der Waals surface area contributed by atoms with E-state index in [9.17, 15) is 5.11 Å². The van der Waals surface area contributed by atoms with Crippen LogP contribution in [0.2, 0.25) is 0 Å². The number of unbranched alkanes of at least 4 members (excludes halogenated alkanes) is 1. The molecule has 7 heteroatoms. The molecule has 0 amide bonds. The van der Waals surface area contributed by atoms with Gasteiger partial charge in [-0.15, -0.1) is 0 Å². The fourth-order valence-corrected chi connectivity index (χ4v) is 1.99. The van der Waals surface area contributed by atoms with Gasteiger partial charge < -0.3 is 19.8 Å². The number of hydrogen-bond donors (Lipinski definition) is 3. The van der Waals surface area contributed by atoms with E-state index in [0.717, 1.165) is 30.9 Å². The largest absolute Gasteiger partial charge is 0.395 e. The van der Waals surface area contributed by atoms with Crippen LogP contribution in [0.1, 0.15) is 19.8 Å². The second kappa shape index (κ2) is 6.35. The molecule has 104 valence electrons. The molecule has 2 rings (SSSR count). The molecule has 0 aromatic carbocycles. The van der Waals surface area contributed by atoms with Gasteiger partial charge in [0.05, 0.1) is 12.8 Å². The minimum Gasteiger partial charge on any atom is -0.395 e. The van der Waals surface area contributed by atoms with E-state index >= 15 is 0 Å². The van der Waals surface area contributed by atoms with Crippen molar-refractivity contribution in [3.63, 3.8) is 0 Å². The Morgan fingerprint density at radius 3 is 3.00 bits per heavy atom. The number of imidazole rings is 1. The standard InChI is InChI=1S/C12H20N6O/c1-2-3-5-17(7-8-19)12-11-14-4-6-18(11)9-10(15-12)16-13/h4,6,9,16,19H,2-3,5,7-8,13H2,1H3. The number of aromatic nitrogens is 3. The number of hydrogen-bond acceptors (Lipinski definition) is 6. The number of hydrazine groups is 1. The Morgan fingerprint density at radius 2 is 2.32 bits per heavy atom. The molecule has 0 spiro atoms. The molecule has 0 radical (unpaired) electrons. The van der Waals surface area contributed by atoms with Crippen LogP contribution in [0.25, 0.3) is 5.65 Å². The van der Waals surface area contributed by atoms with E-state index in [4.69, 9.17) is 5.84 Å². The highest BCUT2D eigenvalue weighted by molar-refractivity contribution is 5.66. The van der Waals surface area contributed by atoms with Gasteiger partial charge in [0.2, 0.25) is 0 Å². The quantitative estimate of drug-likeness (QED) is 0.501. The first-order valence-corrected chi connectivity index (χ1v) is 6.46.